The van der Waals surface area contributed by atoms with Crippen LogP contribution in [0.2, 0.25) is 0 Å². The number of carbonyl (C=O) groups is 2. The Morgan fingerprint density at radius 2 is 1.51 bits per heavy atom. The van der Waals surface area contributed by atoms with Crippen LogP contribution in [-0.2, 0) is 4.79 Å². The van der Waals surface area contributed by atoms with Crippen LogP contribution in [0.4, 0.5) is 0 Å². The zero-order valence-corrected chi connectivity index (χ0v) is 21.1. The highest BCUT2D eigenvalue weighted by Gasteiger charge is 2.13. The van der Waals surface area contributed by atoms with Gasteiger partial charge in [0.2, 0.25) is 0 Å². The number of unbranched alkanes of at least 4 members (excludes halogenated alkanes) is 1. The first kappa shape index (κ1) is 27.1. The average molecular weight is 507 g/mol. The van der Waals surface area contributed by atoms with E-state index >= 15 is 0 Å². The summed E-state index contributed by atoms with van der Waals surface area (Å²) in [5.41, 5.74) is 3.41. The van der Waals surface area contributed by atoms with Crippen molar-refractivity contribution in [3.8, 4) is 28.7 Å². The second kappa shape index (κ2) is 14.1. The minimum Gasteiger partial charge on any atom is -0.497 e. The van der Waals surface area contributed by atoms with Crippen LogP contribution in [0, 0.1) is 0 Å². The number of nitrogens with zero attached hydrogens (tertiary/aromatic N) is 1. The zero-order chi connectivity index (χ0) is 26.5. The molecule has 0 saturated carbocycles. The molecule has 0 spiro atoms. The van der Waals surface area contributed by atoms with Crippen LogP contribution in [0.3, 0.4) is 0 Å². The molecule has 3 aromatic carbocycles. The fraction of sp³-hybridized carbons (Fsp3) is 0.250. The van der Waals surface area contributed by atoms with Crippen LogP contribution in [0.1, 0.15) is 35.7 Å². The molecule has 3 aromatic rings. The molecular weight excluding hydrogens is 476 g/mol. The van der Waals surface area contributed by atoms with Crippen LogP contribution in [0.25, 0.3) is 0 Å². The smallest absolute Gasteiger partial charge is 0.343 e. The third-order valence-electron chi connectivity index (χ3n) is 5.08. The van der Waals surface area contributed by atoms with E-state index in [0.717, 1.165) is 12.8 Å². The second-order valence-electron chi connectivity index (χ2n) is 7.78. The van der Waals surface area contributed by atoms with Crippen molar-refractivity contribution in [2.24, 2.45) is 5.10 Å². The summed E-state index contributed by atoms with van der Waals surface area (Å²) in [6.45, 7) is 2.53. The molecular formula is C28H30N2O7. The summed E-state index contributed by atoms with van der Waals surface area (Å²) in [4.78, 5) is 24.6. The minimum absolute atomic E-state index is 0.201. The number of carbonyl (C=O) groups excluding carboxylic acids is 2. The maximum absolute atomic E-state index is 12.6. The summed E-state index contributed by atoms with van der Waals surface area (Å²) in [5, 5.41) is 3.93. The highest BCUT2D eigenvalue weighted by Crippen LogP contribution is 2.28. The van der Waals surface area contributed by atoms with Crippen LogP contribution < -0.4 is 29.1 Å². The summed E-state index contributed by atoms with van der Waals surface area (Å²) in [7, 11) is 3.04. The van der Waals surface area contributed by atoms with Crippen molar-refractivity contribution in [1.29, 1.82) is 0 Å². The Bertz CT molecular complexity index is 1190. The van der Waals surface area contributed by atoms with Gasteiger partial charge < -0.3 is 23.7 Å². The van der Waals surface area contributed by atoms with Gasteiger partial charge >= 0.3 is 5.97 Å². The average Bonchev–Trinajstić information content (AvgIpc) is 2.93. The summed E-state index contributed by atoms with van der Waals surface area (Å²) >= 11 is 0. The first-order chi connectivity index (χ1) is 18.0. The van der Waals surface area contributed by atoms with E-state index < -0.39 is 11.9 Å². The minimum atomic E-state index is -0.524. The van der Waals surface area contributed by atoms with Crippen molar-refractivity contribution in [1.82, 2.24) is 5.43 Å². The van der Waals surface area contributed by atoms with E-state index in [-0.39, 0.29) is 12.4 Å². The summed E-state index contributed by atoms with van der Waals surface area (Å²) < 4.78 is 27.0. The van der Waals surface area contributed by atoms with E-state index in [9.17, 15) is 9.59 Å². The van der Waals surface area contributed by atoms with Crippen molar-refractivity contribution >= 4 is 18.1 Å². The van der Waals surface area contributed by atoms with Gasteiger partial charge in [-0.05, 0) is 78.7 Å². The molecule has 37 heavy (non-hydrogen) atoms. The van der Waals surface area contributed by atoms with Gasteiger partial charge in [-0.3, -0.25) is 4.79 Å². The zero-order valence-electron chi connectivity index (χ0n) is 21.1. The molecule has 0 aliphatic rings. The second-order valence-corrected chi connectivity index (χ2v) is 7.78. The molecule has 0 aromatic heterocycles. The number of amides is 1. The Hall–Kier alpha value is -4.53. The lowest BCUT2D eigenvalue weighted by Crippen LogP contribution is -2.24. The first-order valence-corrected chi connectivity index (χ1v) is 11.7. The lowest BCUT2D eigenvalue weighted by Gasteiger charge is -2.10. The normalized spacial score (nSPS) is 10.6. The van der Waals surface area contributed by atoms with Crippen molar-refractivity contribution in [3.63, 3.8) is 0 Å². The lowest BCUT2D eigenvalue weighted by atomic mass is 10.2. The van der Waals surface area contributed by atoms with Gasteiger partial charge in [-0.25, -0.2) is 10.2 Å². The van der Waals surface area contributed by atoms with Gasteiger partial charge in [-0.2, -0.15) is 5.10 Å². The van der Waals surface area contributed by atoms with E-state index in [0.29, 0.717) is 40.7 Å². The fourth-order valence-electron chi connectivity index (χ4n) is 3.06. The highest BCUT2D eigenvalue weighted by atomic mass is 16.6. The van der Waals surface area contributed by atoms with E-state index in [1.54, 1.807) is 73.8 Å². The SMILES string of the molecule is CCCCOc1ccc(C(=O)Oc2ccc(/C=N/NC(=O)COc3ccc(OC)cc3)cc2OC)cc1. The van der Waals surface area contributed by atoms with Crippen LogP contribution in [0.5, 0.6) is 28.7 Å². The van der Waals surface area contributed by atoms with Gasteiger partial charge in [0.15, 0.2) is 18.1 Å². The van der Waals surface area contributed by atoms with Gasteiger partial charge in [-0.1, -0.05) is 13.3 Å². The molecule has 3 rings (SSSR count). The molecule has 0 atom stereocenters. The third-order valence-corrected chi connectivity index (χ3v) is 5.08. The molecule has 0 unspecified atom stereocenters. The fourth-order valence-corrected chi connectivity index (χ4v) is 3.06. The number of hydrogen-bond acceptors (Lipinski definition) is 8. The number of methoxy groups -OCH3 is 2. The van der Waals surface area contributed by atoms with Crippen molar-refractivity contribution in [2.75, 3.05) is 27.4 Å². The Balaban J connectivity index is 1.51. The van der Waals surface area contributed by atoms with E-state index in [2.05, 4.69) is 17.5 Å². The first-order valence-electron chi connectivity index (χ1n) is 11.7. The quantitative estimate of drug-likeness (QED) is 0.118. The Kier molecular flexibility index (Phi) is 10.3. The molecule has 0 bridgehead atoms. The standard InChI is InChI=1S/C28H30N2O7/c1-4-5-16-35-23-9-7-21(8-10-23)28(32)37-25-15-6-20(17-26(25)34-3)18-29-30-27(31)19-36-24-13-11-22(33-2)12-14-24/h6-15,17-18H,4-5,16,19H2,1-3H3,(H,30,31)/b29-18+. The molecule has 9 heteroatoms. The largest absolute Gasteiger partial charge is 0.497 e. The Labute approximate surface area is 216 Å². The predicted octanol–water partition coefficient (Wildman–Crippen LogP) is 4.63. The number of hydrogen-bond donors (Lipinski definition) is 1. The van der Waals surface area contributed by atoms with Crippen molar-refractivity contribution < 1.29 is 33.3 Å². The number of rotatable bonds is 13. The summed E-state index contributed by atoms with van der Waals surface area (Å²) in [6.07, 6.45) is 3.46. The molecule has 0 aliphatic heterocycles. The summed E-state index contributed by atoms with van der Waals surface area (Å²) in [6, 6.07) is 18.6. The molecule has 9 nitrogen and oxygen atoms in total. The molecule has 0 heterocycles. The highest BCUT2D eigenvalue weighted by molar-refractivity contribution is 5.92. The van der Waals surface area contributed by atoms with Gasteiger partial charge in [0.1, 0.15) is 17.2 Å². The molecule has 194 valence electrons. The number of esters is 1. The number of nitrogens with one attached hydrogen (secondary N) is 1. The molecule has 1 N–H and O–H groups in total. The van der Waals surface area contributed by atoms with Gasteiger partial charge in [0.25, 0.3) is 5.91 Å². The summed E-state index contributed by atoms with van der Waals surface area (Å²) in [5.74, 6) is 1.57. The van der Waals surface area contributed by atoms with Crippen LogP contribution in [-0.4, -0.2) is 45.5 Å². The maximum atomic E-state index is 12.6. The van der Waals surface area contributed by atoms with E-state index in [1.165, 1.54) is 13.3 Å². The molecule has 0 aliphatic carbocycles. The van der Waals surface area contributed by atoms with Gasteiger partial charge in [0, 0.05) is 0 Å². The Morgan fingerprint density at radius 3 is 2.19 bits per heavy atom. The third kappa shape index (κ3) is 8.57. The van der Waals surface area contributed by atoms with Gasteiger partial charge in [0.05, 0.1) is 32.6 Å². The monoisotopic (exact) mass is 506 g/mol. The van der Waals surface area contributed by atoms with Crippen LogP contribution >= 0.6 is 0 Å². The van der Waals surface area contributed by atoms with Gasteiger partial charge in [-0.15, -0.1) is 0 Å². The van der Waals surface area contributed by atoms with E-state index in [4.69, 9.17) is 23.7 Å². The van der Waals surface area contributed by atoms with Crippen LogP contribution in [0.15, 0.2) is 71.8 Å². The van der Waals surface area contributed by atoms with Crippen molar-refractivity contribution in [3.05, 3.63) is 77.9 Å². The maximum Gasteiger partial charge on any atom is 0.343 e. The topological polar surface area (TPSA) is 105 Å². The molecule has 0 radical (unpaired) electrons. The molecule has 0 saturated heterocycles. The molecule has 0 fully saturated rings. The number of ether oxygens (including phenoxy) is 5. The lowest BCUT2D eigenvalue weighted by molar-refractivity contribution is -0.123. The number of hydrazone groups is 1. The number of benzene rings is 3. The molecule has 1 amide bonds. The van der Waals surface area contributed by atoms with E-state index in [1.807, 2.05) is 0 Å². The predicted molar refractivity (Wildman–Crippen MR) is 139 cm³/mol. The van der Waals surface area contributed by atoms with Crippen molar-refractivity contribution in [2.45, 2.75) is 19.8 Å². The Morgan fingerprint density at radius 1 is 0.838 bits per heavy atom.